The van der Waals surface area contributed by atoms with Crippen molar-refractivity contribution in [3.8, 4) is 22.9 Å². The number of H-pyrrole nitrogens is 1. The normalized spacial score (nSPS) is 10.9. The summed E-state index contributed by atoms with van der Waals surface area (Å²) in [5, 5.41) is 9.99. The van der Waals surface area contributed by atoms with E-state index in [9.17, 15) is 9.59 Å². The average molecular weight is 436 g/mol. The van der Waals surface area contributed by atoms with E-state index < -0.39 is 0 Å². The number of methoxy groups -OCH3 is 2. The molecule has 31 heavy (non-hydrogen) atoms. The van der Waals surface area contributed by atoms with Gasteiger partial charge in [-0.2, -0.15) is 5.10 Å². The van der Waals surface area contributed by atoms with Crippen LogP contribution in [-0.4, -0.2) is 41.0 Å². The zero-order valence-corrected chi connectivity index (χ0v) is 18.2. The van der Waals surface area contributed by atoms with Crippen LogP contribution in [0, 0.1) is 6.92 Å². The Morgan fingerprint density at radius 3 is 2.58 bits per heavy atom. The lowest BCUT2D eigenvalue weighted by molar-refractivity contribution is 0.0912. The van der Waals surface area contributed by atoms with Crippen molar-refractivity contribution in [2.45, 2.75) is 19.8 Å². The second-order valence-electron chi connectivity index (χ2n) is 7.02. The van der Waals surface area contributed by atoms with E-state index in [1.807, 2.05) is 17.5 Å². The summed E-state index contributed by atoms with van der Waals surface area (Å²) >= 11 is 1.63. The number of Topliss-reactive ketones (excluding diaryl/α,β-unsaturated/α-hetero) is 2. The highest BCUT2D eigenvalue weighted by atomic mass is 32.1. The Balaban J connectivity index is 1.46. The second kappa shape index (κ2) is 8.69. The predicted octanol–water partition coefficient (Wildman–Crippen LogP) is 4.86. The molecule has 158 valence electrons. The smallest absolute Gasteiger partial charge is 0.200 e. The highest BCUT2D eigenvalue weighted by molar-refractivity contribution is 7.18. The Labute approximate surface area is 183 Å². The number of aryl methyl sites for hydroxylation is 1. The lowest BCUT2D eigenvalue weighted by Gasteiger charge is -2.08. The first kappa shape index (κ1) is 20.7. The van der Waals surface area contributed by atoms with Crippen LogP contribution in [0.2, 0.25) is 0 Å². The number of nitrogens with one attached hydrogen (secondary N) is 1. The van der Waals surface area contributed by atoms with E-state index in [4.69, 9.17) is 9.47 Å². The van der Waals surface area contributed by atoms with Gasteiger partial charge >= 0.3 is 0 Å². The van der Waals surface area contributed by atoms with E-state index >= 15 is 0 Å². The van der Waals surface area contributed by atoms with E-state index in [1.165, 1.54) is 24.5 Å². The molecule has 0 fully saturated rings. The molecule has 0 saturated heterocycles. The fraction of sp³-hybridized carbons (Fsp3) is 0.217. The molecule has 0 aliphatic carbocycles. The van der Waals surface area contributed by atoms with Gasteiger partial charge in [0.05, 0.1) is 14.2 Å². The summed E-state index contributed by atoms with van der Waals surface area (Å²) in [4.78, 5) is 29.5. The van der Waals surface area contributed by atoms with Crippen LogP contribution in [0.15, 0.2) is 41.8 Å². The zero-order chi connectivity index (χ0) is 22.0. The number of benzene rings is 2. The Morgan fingerprint density at radius 2 is 1.81 bits per heavy atom. The molecule has 1 N–H and O–H groups in total. The summed E-state index contributed by atoms with van der Waals surface area (Å²) in [7, 11) is 3.04. The van der Waals surface area contributed by atoms with Crippen molar-refractivity contribution in [1.29, 1.82) is 0 Å². The standard InChI is InChI=1S/C23H21N3O4S/c1-13-5-4-6-15-16(12-31-21(13)15)22-24-23(26-25-22)18(28)9-8-17(27)14-7-10-19(29-2)20(11-14)30-3/h4-7,10-12H,8-9H2,1-3H3,(H,24,25,26). The third-order valence-corrected chi connectivity index (χ3v) is 6.20. The van der Waals surface area contributed by atoms with Gasteiger partial charge in [0.15, 0.2) is 34.7 Å². The topological polar surface area (TPSA) is 94.2 Å². The maximum absolute atomic E-state index is 12.6. The number of ketones is 2. The van der Waals surface area contributed by atoms with E-state index in [1.54, 1.807) is 29.5 Å². The van der Waals surface area contributed by atoms with Crippen molar-refractivity contribution in [2.75, 3.05) is 14.2 Å². The van der Waals surface area contributed by atoms with Gasteiger partial charge in [0.25, 0.3) is 0 Å². The van der Waals surface area contributed by atoms with E-state index in [2.05, 4.69) is 28.2 Å². The van der Waals surface area contributed by atoms with E-state index in [0.29, 0.717) is 22.9 Å². The number of thiophene rings is 1. The van der Waals surface area contributed by atoms with Crippen LogP contribution in [0.5, 0.6) is 11.5 Å². The SMILES string of the molecule is COc1ccc(C(=O)CCC(=O)c2nc(-c3csc4c(C)cccc34)n[nH]2)cc1OC. The van der Waals surface area contributed by atoms with Crippen molar-refractivity contribution >= 4 is 33.0 Å². The first-order valence-corrected chi connectivity index (χ1v) is 10.6. The summed E-state index contributed by atoms with van der Waals surface area (Å²) in [6, 6.07) is 11.0. The molecular weight excluding hydrogens is 414 g/mol. The van der Waals surface area contributed by atoms with Crippen LogP contribution in [-0.2, 0) is 0 Å². The molecule has 4 rings (SSSR count). The molecule has 0 atom stereocenters. The van der Waals surface area contributed by atoms with Gasteiger partial charge in [-0.05, 0) is 30.7 Å². The molecule has 4 aromatic rings. The Hall–Kier alpha value is -3.52. The van der Waals surface area contributed by atoms with Gasteiger partial charge in [0.2, 0.25) is 0 Å². The van der Waals surface area contributed by atoms with Crippen LogP contribution >= 0.6 is 11.3 Å². The van der Waals surface area contributed by atoms with Gasteiger partial charge in [0, 0.05) is 39.4 Å². The largest absolute Gasteiger partial charge is 0.493 e. The number of aromatic amines is 1. The second-order valence-corrected chi connectivity index (χ2v) is 7.90. The first-order valence-electron chi connectivity index (χ1n) is 9.70. The zero-order valence-electron chi connectivity index (χ0n) is 17.4. The molecule has 0 bridgehead atoms. The number of carbonyl (C=O) groups is 2. The van der Waals surface area contributed by atoms with E-state index in [-0.39, 0.29) is 30.2 Å². The summed E-state index contributed by atoms with van der Waals surface area (Å²) in [6.45, 7) is 2.06. The fourth-order valence-electron chi connectivity index (χ4n) is 3.38. The molecule has 2 heterocycles. The predicted molar refractivity (Wildman–Crippen MR) is 119 cm³/mol. The minimum Gasteiger partial charge on any atom is -0.493 e. The molecular formula is C23H21N3O4S. The number of nitrogens with zero attached hydrogens (tertiary/aromatic N) is 2. The van der Waals surface area contributed by atoms with Crippen molar-refractivity contribution in [1.82, 2.24) is 15.2 Å². The van der Waals surface area contributed by atoms with Crippen molar-refractivity contribution < 1.29 is 19.1 Å². The summed E-state index contributed by atoms with van der Waals surface area (Å²) in [5.74, 6) is 1.23. The Kier molecular flexibility index (Phi) is 5.81. The molecule has 7 nitrogen and oxygen atoms in total. The molecule has 0 saturated carbocycles. The monoisotopic (exact) mass is 435 g/mol. The van der Waals surface area contributed by atoms with Crippen LogP contribution in [0.4, 0.5) is 0 Å². The van der Waals surface area contributed by atoms with Crippen LogP contribution in [0.3, 0.4) is 0 Å². The van der Waals surface area contributed by atoms with Crippen LogP contribution in [0.25, 0.3) is 21.5 Å². The van der Waals surface area contributed by atoms with Gasteiger partial charge in [0.1, 0.15) is 0 Å². The van der Waals surface area contributed by atoms with Crippen molar-refractivity contribution in [2.24, 2.45) is 0 Å². The Bertz CT molecular complexity index is 1280. The van der Waals surface area contributed by atoms with Gasteiger partial charge in [-0.1, -0.05) is 18.2 Å². The average Bonchev–Trinajstić information content (AvgIpc) is 3.44. The van der Waals surface area contributed by atoms with Crippen LogP contribution < -0.4 is 9.47 Å². The highest BCUT2D eigenvalue weighted by Gasteiger charge is 2.18. The number of carbonyl (C=O) groups excluding carboxylic acids is 2. The fourth-order valence-corrected chi connectivity index (χ4v) is 4.41. The molecule has 8 heteroatoms. The highest BCUT2D eigenvalue weighted by Crippen LogP contribution is 2.34. The van der Waals surface area contributed by atoms with Gasteiger partial charge in [-0.3, -0.25) is 14.7 Å². The molecule has 0 spiro atoms. The molecule has 0 aliphatic heterocycles. The first-order chi connectivity index (χ1) is 15.0. The minimum atomic E-state index is -0.261. The maximum atomic E-state index is 12.6. The lowest BCUT2D eigenvalue weighted by atomic mass is 10.0. The Morgan fingerprint density at radius 1 is 1.03 bits per heavy atom. The quantitative estimate of drug-likeness (QED) is 0.397. The third kappa shape index (κ3) is 4.06. The van der Waals surface area contributed by atoms with Gasteiger partial charge in [-0.25, -0.2) is 4.98 Å². The number of fused-ring (bicyclic) bond motifs is 1. The van der Waals surface area contributed by atoms with Crippen LogP contribution in [0.1, 0.15) is 39.4 Å². The third-order valence-electron chi connectivity index (χ3n) is 5.07. The molecule has 0 unspecified atom stereocenters. The van der Waals surface area contributed by atoms with Gasteiger partial charge < -0.3 is 9.47 Å². The number of hydrogen-bond acceptors (Lipinski definition) is 7. The molecule has 2 aromatic carbocycles. The molecule has 0 aliphatic rings. The van der Waals surface area contributed by atoms with Crippen molar-refractivity contribution in [3.05, 3.63) is 58.7 Å². The van der Waals surface area contributed by atoms with E-state index in [0.717, 1.165) is 10.9 Å². The summed E-state index contributed by atoms with van der Waals surface area (Å²) in [6.07, 6.45) is 0.0935. The number of rotatable bonds is 8. The summed E-state index contributed by atoms with van der Waals surface area (Å²) < 4.78 is 11.6. The summed E-state index contributed by atoms with van der Waals surface area (Å²) in [5.41, 5.74) is 2.54. The molecule has 0 radical (unpaired) electrons. The number of aromatic nitrogens is 3. The lowest BCUT2D eigenvalue weighted by Crippen LogP contribution is -2.07. The molecule has 0 amide bonds. The number of hydrogen-bond donors (Lipinski definition) is 1. The van der Waals surface area contributed by atoms with Gasteiger partial charge in [-0.15, -0.1) is 11.3 Å². The molecule has 2 aromatic heterocycles. The van der Waals surface area contributed by atoms with Crippen molar-refractivity contribution in [3.63, 3.8) is 0 Å². The minimum absolute atomic E-state index is 0.0330. The number of ether oxygens (including phenoxy) is 2. The maximum Gasteiger partial charge on any atom is 0.200 e.